The van der Waals surface area contributed by atoms with Crippen LogP contribution < -0.4 is 0 Å². The second kappa shape index (κ2) is 7.32. The highest BCUT2D eigenvalue weighted by molar-refractivity contribution is 8.14. The molecule has 0 bridgehead atoms. The summed E-state index contributed by atoms with van der Waals surface area (Å²) in [5, 5.41) is 5.55. The lowest BCUT2D eigenvalue weighted by Gasteiger charge is -2.36. The van der Waals surface area contributed by atoms with Gasteiger partial charge in [-0.3, -0.25) is 18.4 Å². The summed E-state index contributed by atoms with van der Waals surface area (Å²) in [6, 6.07) is 8.48. The van der Waals surface area contributed by atoms with E-state index in [0.29, 0.717) is 6.54 Å². The SMILES string of the molecule is CCN1C(=S)N2CCCN3C(=S)N(Cc4ccc(CN=C=S)cc4)S1=C23. The van der Waals surface area contributed by atoms with Crippen molar-refractivity contribution in [2.45, 2.75) is 26.4 Å². The molecule has 0 aliphatic carbocycles. The standard InChI is InChI=1S/C17H19N5S4/c1-2-21-15(24)19-8-3-9-20-16(25)22(26(21)17(19)20)11-14-6-4-13(5-7-14)10-18-12-23/h4-7H,2-3,8-11H2,1H3. The molecule has 3 heterocycles. The van der Waals surface area contributed by atoms with Crippen LogP contribution in [-0.4, -0.2) is 58.5 Å². The molecule has 1 aromatic rings. The molecule has 0 aromatic heterocycles. The molecule has 1 aromatic carbocycles. The maximum Gasteiger partial charge on any atom is 0.189 e. The molecule has 1 unspecified atom stereocenters. The zero-order valence-corrected chi connectivity index (χ0v) is 17.7. The van der Waals surface area contributed by atoms with Crippen LogP contribution in [0.5, 0.6) is 0 Å². The number of benzene rings is 1. The second-order valence-electron chi connectivity index (χ2n) is 6.22. The van der Waals surface area contributed by atoms with E-state index in [4.69, 9.17) is 24.4 Å². The Bertz CT molecular complexity index is 843. The van der Waals surface area contributed by atoms with Crippen LogP contribution in [0.3, 0.4) is 0 Å². The maximum absolute atomic E-state index is 5.83. The van der Waals surface area contributed by atoms with E-state index in [1.807, 2.05) is 0 Å². The molecular weight excluding hydrogens is 402 g/mol. The van der Waals surface area contributed by atoms with Gasteiger partial charge in [0, 0.05) is 19.6 Å². The number of aliphatic imine (C=N–C) groups is 1. The third-order valence-corrected chi connectivity index (χ3v) is 8.23. The molecule has 1 atom stereocenters. The van der Waals surface area contributed by atoms with Crippen molar-refractivity contribution in [2.75, 3.05) is 19.6 Å². The first-order valence-corrected chi connectivity index (χ1v) is 10.9. The lowest BCUT2D eigenvalue weighted by molar-refractivity contribution is 0.393. The van der Waals surface area contributed by atoms with Gasteiger partial charge in [-0.1, -0.05) is 24.3 Å². The average molecular weight is 422 g/mol. The van der Waals surface area contributed by atoms with Crippen LogP contribution in [0.4, 0.5) is 0 Å². The summed E-state index contributed by atoms with van der Waals surface area (Å²) in [4.78, 5) is 8.56. The smallest absolute Gasteiger partial charge is 0.189 e. The quantitative estimate of drug-likeness (QED) is 0.532. The zero-order valence-electron chi connectivity index (χ0n) is 14.4. The molecule has 3 aliphatic rings. The summed E-state index contributed by atoms with van der Waals surface area (Å²) >= 11 is 16.2. The fourth-order valence-electron chi connectivity index (χ4n) is 3.44. The monoisotopic (exact) mass is 421 g/mol. The zero-order chi connectivity index (χ0) is 18.3. The van der Waals surface area contributed by atoms with E-state index in [1.165, 1.54) is 10.7 Å². The summed E-state index contributed by atoms with van der Waals surface area (Å²) in [6.07, 6.45) is 1.08. The van der Waals surface area contributed by atoms with E-state index in [2.05, 4.69) is 72.0 Å². The van der Waals surface area contributed by atoms with Gasteiger partial charge in [0.05, 0.1) is 29.1 Å². The number of isothiocyanates is 1. The maximum atomic E-state index is 5.83. The molecule has 0 spiro atoms. The molecular formula is C17H19N5S4. The molecule has 0 radical (unpaired) electrons. The van der Waals surface area contributed by atoms with Gasteiger partial charge in [0.15, 0.2) is 15.3 Å². The molecule has 1 fully saturated rings. The lowest BCUT2D eigenvalue weighted by atomic mass is 10.1. The fourth-order valence-corrected chi connectivity index (χ4v) is 6.98. The van der Waals surface area contributed by atoms with Crippen molar-refractivity contribution in [1.82, 2.24) is 18.4 Å². The molecule has 5 nitrogen and oxygen atoms in total. The first-order chi connectivity index (χ1) is 12.7. The summed E-state index contributed by atoms with van der Waals surface area (Å²) in [5.41, 5.74) is 2.36. The van der Waals surface area contributed by atoms with Crippen LogP contribution in [0.25, 0.3) is 0 Å². The predicted molar refractivity (Wildman–Crippen MR) is 119 cm³/mol. The van der Waals surface area contributed by atoms with Crippen molar-refractivity contribution in [3.8, 4) is 0 Å². The van der Waals surface area contributed by atoms with Crippen LogP contribution in [0.15, 0.2) is 29.3 Å². The van der Waals surface area contributed by atoms with E-state index in [9.17, 15) is 0 Å². The number of nitrogens with zero attached hydrogens (tertiary/aromatic N) is 5. The van der Waals surface area contributed by atoms with Gasteiger partial charge in [-0.15, -0.1) is 0 Å². The molecule has 136 valence electrons. The Labute approximate surface area is 172 Å². The number of thiocarbonyl (C=S) groups is 3. The van der Waals surface area contributed by atoms with Crippen LogP contribution in [0, 0.1) is 0 Å². The third-order valence-electron chi connectivity index (χ3n) is 4.66. The third kappa shape index (κ3) is 2.88. The number of hydrogen-bond acceptors (Lipinski definition) is 4. The van der Waals surface area contributed by atoms with E-state index < -0.39 is 0 Å². The number of rotatable bonds is 5. The van der Waals surface area contributed by atoms with Crippen molar-refractivity contribution in [2.24, 2.45) is 4.99 Å². The van der Waals surface area contributed by atoms with Gasteiger partial charge in [-0.05, 0) is 61.1 Å². The van der Waals surface area contributed by atoms with Crippen molar-refractivity contribution in [1.29, 1.82) is 0 Å². The molecule has 26 heavy (non-hydrogen) atoms. The minimum absolute atomic E-state index is 0.213. The van der Waals surface area contributed by atoms with Gasteiger partial charge < -0.3 is 0 Å². The van der Waals surface area contributed by atoms with Crippen LogP contribution in [0.1, 0.15) is 24.5 Å². The lowest BCUT2D eigenvalue weighted by Crippen LogP contribution is -2.52. The van der Waals surface area contributed by atoms with Crippen molar-refractivity contribution < 1.29 is 0 Å². The van der Waals surface area contributed by atoms with Gasteiger partial charge in [-0.25, -0.2) is 4.99 Å². The van der Waals surface area contributed by atoms with E-state index in [0.717, 1.165) is 48.4 Å². The van der Waals surface area contributed by atoms with Gasteiger partial charge in [0.25, 0.3) is 0 Å². The normalized spacial score (nSPS) is 21.4. The van der Waals surface area contributed by atoms with Crippen molar-refractivity contribution >= 4 is 68.0 Å². The van der Waals surface area contributed by atoms with Crippen LogP contribution in [-0.2, 0) is 13.1 Å². The van der Waals surface area contributed by atoms with Gasteiger partial charge >= 0.3 is 0 Å². The van der Waals surface area contributed by atoms with Gasteiger partial charge in [0.1, 0.15) is 0 Å². The topological polar surface area (TPSA) is 25.3 Å². The summed E-state index contributed by atoms with van der Waals surface area (Å²) in [6.45, 7) is 6.40. The molecule has 0 saturated carbocycles. The highest BCUT2D eigenvalue weighted by atomic mass is 32.2. The molecule has 0 amide bonds. The first kappa shape index (κ1) is 18.0. The van der Waals surface area contributed by atoms with Gasteiger partial charge in [-0.2, -0.15) is 0 Å². The Morgan fingerprint density at radius 2 is 1.65 bits per heavy atom. The Morgan fingerprint density at radius 3 is 2.27 bits per heavy atom. The molecule has 3 aliphatic heterocycles. The van der Waals surface area contributed by atoms with E-state index >= 15 is 0 Å². The largest absolute Gasteiger partial charge is 0.296 e. The minimum Gasteiger partial charge on any atom is -0.296 e. The molecule has 0 N–H and O–H groups in total. The summed E-state index contributed by atoms with van der Waals surface area (Å²) in [7, 11) is -0.213. The fraction of sp³-hybridized carbons (Fsp3) is 0.412. The highest BCUT2D eigenvalue weighted by Gasteiger charge is 2.48. The van der Waals surface area contributed by atoms with E-state index in [1.54, 1.807) is 0 Å². The highest BCUT2D eigenvalue weighted by Crippen LogP contribution is 2.44. The summed E-state index contributed by atoms with van der Waals surface area (Å²) in [5.74, 6) is 0. The Balaban J connectivity index is 1.62. The van der Waals surface area contributed by atoms with Crippen LogP contribution in [0.2, 0.25) is 0 Å². The Kier molecular flexibility index (Phi) is 5.07. The first-order valence-electron chi connectivity index (χ1n) is 8.56. The Morgan fingerprint density at radius 1 is 1.04 bits per heavy atom. The van der Waals surface area contributed by atoms with Crippen molar-refractivity contribution in [3.63, 3.8) is 0 Å². The average Bonchev–Trinajstić information content (AvgIpc) is 3.11. The molecule has 9 heteroatoms. The van der Waals surface area contributed by atoms with Crippen LogP contribution >= 0.6 is 47.5 Å². The molecule has 4 rings (SSSR count). The van der Waals surface area contributed by atoms with Crippen molar-refractivity contribution in [3.05, 3.63) is 35.4 Å². The van der Waals surface area contributed by atoms with E-state index in [-0.39, 0.29) is 10.9 Å². The predicted octanol–water partition coefficient (Wildman–Crippen LogP) is 3.20. The summed E-state index contributed by atoms with van der Waals surface area (Å²) < 4.78 is 4.64. The Hall–Kier alpha value is -1.38. The second-order valence-corrected chi connectivity index (χ2v) is 8.91. The van der Waals surface area contributed by atoms with Gasteiger partial charge in [0.2, 0.25) is 0 Å². The molecule has 1 saturated heterocycles. The minimum atomic E-state index is -0.213. The number of hydrogen-bond donors (Lipinski definition) is 0.